The van der Waals surface area contributed by atoms with Crippen molar-refractivity contribution in [1.82, 2.24) is 9.80 Å². The Bertz CT molecular complexity index is 937. The molecule has 0 bridgehead atoms. The Morgan fingerprint density at radius 2 is 1.35 bits per heavy atom. The van der Waals surface area contributed by atoms with E-state index in [-0.39, 0.29) is 0 Å². The lowest BCUT2D eigenvalue weighted by Gasteiger charge is -2.28. The van der Waals surface area contributed by atoms with Crippen molar-refractivity contribution in [3.63, 3.8) is 0 Å². The third-order valence-corrected chi connectivity index (χ3v) is 5.24. The predicted molar refractivity (Wildman–Crippen MR) is 114 cm³/mol. The van der Waals surface area contributed by atoms with Gasteiger partial charge in [0.05, 0.1) is 0 Å². The van der Waals surface area contributed by atoms with Gasteiger partial charge in [0.2, 0.25) is 0 Å². The van der Waals surface area contributed by atoms with Crippen molar-refractivity contribution >= 4 is 11.9 Å². The van der Waals surface area contributed by atoms with Gasteiger partial charge in [-0.3, -0.25) is 0 Å². The zero-order valence-electron chi connectivity index (χ0n) is 17.5. The van der Waals surface area contributed by atoms with Gasteiger partial charge in [0.25, 0.3) is 0 Å². The first-order chi connectivity index (χ1) is 12.2. The molecule has 0 saturated heterocycles. The van der Waals surface area contributed by atoms with Gasteiger partial charge in [-0.15, -0.1) is 0 Å². The Kier molecular flexibility index (Phi) is 4.88. The highest BCUT2D eigenvalue weighted by Gasteiger charge is 2.23. The van der Waals surface area contributed by atoms with E-state index in [1.165, 1.54) is 44.1 Å². The number of hydrogen-bond acceptors (Lipinski definition) is 2. The molecule has 0 saturated carbocycles. The van der Waals surface area contributed by atoms with E-state index in [0.29, 0.717) is 11.8 Å². The van der Waals surface area contributed by atoms with E-state index in [1.807, 2.05) is 0 Å². The van der Waals surface area contributed by atoms with Gasteiger partial charge < -0.3 is 9.80 Å². The van der Waals surface area contributed by atoms with Gasteiger partial charge in [-0.25, -0.2) is 0 Å². The van der Waals surface area contributed by atoms with Crippen LogP contribution in [0, 0.1) is 0 Å². The Hall–Kier alpha value is -2.22. The van der Waals surface area contributed by atoms with Crippen LogP contribution in [0.15, 0.2) is 30.3 Å². The van der Waals surface area contributed by atoms with Crippen LogP contribution >= 0.6 is 0 Å². The third kappa shape index (κ3) is 2.92. The predicted octanol–water partition coefficient (Wildman–Crippen LogP) is 3.93. The van der Waals surface area contributed by atoms with Gasteiger partial charge in [0, 0.05) is 33.4 Å². The first kappa shape index (κ1) is 18.6. The number of hydrogen-bond donors (Lipinski definition) is 0. The molecule has 0 spiro atoms. The molecule has 0 fully saturated rings. The molecule has 0 aromatic heterocycles. The largest absolute Gasteiger partial charge is 0.364 e. The molecule has 2 aromatic carbocycles. The monoisotopic (exact) mass is 348 g/mol. The lowest BCUT2D eigenvalue weighted by molar-refractivity contribution is 0.430. The minimum Gasteiger partial charge on any atom is -0.364 e. The van der Waals surface area contributed by atoms with Crippen molar-refractivity contribution in [3.8, 4) is 11.1 Å². The molecular weight excluding hydrogens is 316 g/mol. The maximum Gasteiger partial charge on any atom is 0.111 e. The lowest BCUT2D eigenvalue weighted by atomic mass is 9.85. The Labute approximate surface area is 158 Å². The Morgan fingerprint density at radius 3 is 1.88 bits per heavy atom. The summed E-state index contributed by atoms with van der Waals surface area (Å²) >= 11 is 0. The van der Waals surface area contributed by atoms with Crippen LogP contribution in [0.3, 0.4) is 0 Å². The van der Waals surface area contributed by atoms with Crippen molar-refractivity contribution in [2.45, 2.75) is 39.5 Å². The highest BCUT2D eigenvalue weighted by atomic mass is 15.3. The van der Waals surface area contributed by atoms with Gasteiger partial charge in [0.1, 0.15) is 5.82 Å². The Balaban J connectivity index is 2.57. The van der Waals surface area contributed by atoms with Gasteiger partial charge in [-0.05, 0) is 57.0 Å². The van der Waals surface area contributed by atoms with E-state index in [2.05, 4.69) is 102 Å². The van der Waals surface area contributed by atoms with E-state index in [4.69, 9.17) is 0 Å². The second-order valence-corrected chi connectivity index (χ2v) is 8.37. The molecule has 0 aliphatic heterocycles. The molecule has 0 atom stereocenters. The van der Waals surface area contributed by atoms with Crippen LogP contribution in [0.25, 0.3) is 23.0 Å². The average molecular weight is 349 g/mol. The van der Waals surface area contributed by atoms with Crippen LogP contribution in [0.1, 0.15) is 56.2 Å². The standard InChI is InChI=1S/C24H32N2/c1-15(2)22-20-13-17-11-9-10-12-18(17)19(20)14-21(23(22)16(3)4)24(25(5)6)26(7)8/h9-16H,1-8H3. The minimum atomic E-state index is 0.472. The van der Waals surface area contributed by atoms with Crippen LogP contribution in [-0.4, -0.2) is 38.0 Å². The number of benzene rings is 2. The molecule has 0 radical (unpaired) electrons. The van der Waals surface area contributed by atoms with Crippen LogP contribution in [-0.2, 0) is 0 Å². The summed E-state index contributed by atoms with van der Waals surface area (Å²) in [5.41, 5.74) is 7.07. The summed E-state index contributed by atoms with van der Waals surface area (Å²) < 4.78 is 0. The molecular formula is C24H32N2. The van der Waals surface area contributed by atoms with Gasteiger partial charge >= 0.3 is 0 Å². The first-order valence-electron chi connectivity index (χ1n) is 9.60. The summed E-state index contributed by atoms with van der Waals surface area (Å²) in [6.45, 7) is 9.30. The second kappa shape index (κ2) is 6.83. The molecule has 3 rings (SSSR count). The highest BCUT2D eigenvalue weighted by Crippen LogP contribution is 2.31. The Morgan fingerprint density at radius 1 is 0.769 bits per heavy atom. The lowest BCUT2D eigenvalue weighted by Crippen LogP contribution is -2.35. The van der Waals surface area contributed by atoms with Crippen LogP contribution in [0.2, 0.25) is 0 Å². The molecule has 2 nitrogen and oxygen atoms in total. The van der Waals surface area contributed by atoms with E-state index < -0.39 is 0 Å². The van der Waals surface area contributed by atoms with E-state index in [0.717, 1.165) is 0 Å². The SMILES string of the molecule is CC(C)c1c(C(C)C)c2c(cc1=C(N(C)C)N(C)C)-c1ccccc1C=2. The molecule has 0 unspecified atom stereocenters. The van der Waals surface area contributed by atoms with Gasteiger partial charge in [0.15, 0.2) is 0 Å². The number of fused-ring (bicyclic) bond motifs is 3. The summed E-state index contributed by atoms with van der Waals surface area (Å²) in [5, 5.41) is 2.79. The molecule has 1 aliphatic rings. The number of rotatable bonds is 4. The average Bonchev–Trinajstić information content (AvgIpc) is 2.90. The summed E-state index contributed by atoms with van der Waals surface area (Å²) in [5.74, 6) is 2.22. The molecule has 1 aliphatic carbocycles. The first-order valence-corrected chi connectivity index (χ1v) is 9.60. The van der Waals surface area contributed by atoms with E-state index in [1.54, 1.807) is 0 Å². The zero-order chi connectivity index (χ0) is 19.2. The molecule has 0 heterocycles. The smallest absolute Gasteiger partial charge is 0.111 e. The quantitative estimate of drug-likeness (QED) is 0.705. The molecule has 26 heavy (non-hydrogen) atoms. The molecule has 138 valence electrons. The highest BCUT2D eigenvalue weighted by molar-refractivity contribution is 5.84. The summed E-state index contributed by atoms with van der Waals surface area (Å²) in [6.07, 6.45) is 2.39. The van der Waals surface area contributed by atoms with E-state index >= 15 is 0 Å². The molecule has 2 heteroatoms. The molecule has 0 amide bonds. The van der Waals surface area contributed by atoms with Crippen LogP contribution in [0.4, 0.5) is 0 Å². The van der Waals surface area contributed by atoms with Crippen molar-refractivity contribution in [2.75, 3.05) is 28.2 Å². The van der Waals surface area contributed by atoms with Crippen LogP contribution in [0.5, 0.6) is 0 Å². The third-order valence-electron chi connectivity index (χ3n) is 5.24. The topological polar surface area (TPSA) is 6.48 Å². The van der Waals surface area contributed by atoms with Gasteiger partial charge in [-0.2, -0.15) is 0 Å². The zero-order valence-corrected chi connectivity index (χ0v) is 17.5. The summed E-state index contributed by atoms with van der Waals surface area (Å²) in [7, 11) is 8.56. The number of nitrogens with zero attached hydrogens (tertiary/aromatic N) is 2. The fourth-order valence-electron chi connectivity index (χ4n) is 4.45. The van der Waals surface area contributed by atoms with Crippen molar-refractivity contribution < 1.29 is 0 Å². The van der Waals surface area contributed by atoms with Crippen molar-refractivity contribution in [2.24, 2.45) is 0 Å². The summed E-state index contributed by atoms with van der Waals surface area (Å²) in [4.78, 5) is 4.48. The summed E-state index contributed by atoms with van der Waals surface area (Å²) in [6, 6.07) is 11.2. The normalized spacial score (nSPS) is 12.1. The van der Waals surface area contributed by atoms with Crippen LogP contribution < -0.4 is 10.4 Å². The van der Waals surface area contributed by atoms with Crippen molar-refractivity contribution in [3.05, 3.63) is 57.5 Å². The fraction of sp³-hybridized carbons (Fsp3) is 0.417. The molecule has 0 N–H and O–H groups in total. The van der Waals surface area contributed by atoms with Crippen molar-refractivity contribution in [1.29, 1.82) is 0 Å². The van der Waals surface area contributed by atoms with E-state index in [9.17, 15) is 0 Å². The second-order valence-electron chi connectivity index (χ2n) is 8.37. The minimum absolute atomic E-state index is 0.472. The fourth-order valence-corrected chi connectivity index (χ4v) is 4.45. The molecule has 2 aromatic rings. The maximum absolute atomic E-state index is 2.42. The van der Waals surface area contributed by atoms with Gasteiger partial charge in [-0.1, -0.05) is 52.0 Å². The maximum atomic E-state index is 2.42.